The van der Waals surface area contributed by atoms with E-state index in [1.165, 1.54) is 0 Å². The largest absolute Gasteiger partial charge is 0.462 e. The van der Waals surface area contributed by atoms with Gasteiger partial charge in [0, 0.05) is 0 Å². The van der Waals surface area contributed by atoms with Gasteiger partial charge in [-0.05, 0) is 29.8 Å². The lowest BCUT2D eigenvalue weighted by molar-refractivity contribution is 0.0525. The smallest absolute Gasteiger partial charge is 0.338 e. The van der Waals surface area contributed by atoms with Crippen LogP contribution in [0.1, 0.15) is 22.8 Å². The van der Waals surface area contributed by atoms with Gasteiger partial charge in [-0.2, -0.15) is 0 Å². The Balaban J connectivity index is 3.16. The molecule has 4 nitrogen and oxygen atoms in total. The molecule has 0 aliphatic carbocycles. The van der Waals surface area contributed by atoms with E-state index in [2.05, 4.69) is 5.18 Å². The van der Waals surface area contributed by atoms with Crippen molar-refractivity contribution in [3.8, 4) is 0 Å². The van der Waals surface area contributed by atoms with Crippen LogP contribution in [-0.4, -0.2) is 20.4 Å². The maximum Gasteiger partial charge on any atom is 0.338 e. The standard InChI is InChI=1S/C10H12BNO3/c1-2-15-10(13)7-4-3-5-9(12-14)8(7)6-11/h3-5H,2,6,11H2,1H3. The molecule has 0 N–H and O–H groups in total. The Morgan fingerprint density at radius 2 is 2.27 bits per heavy atom. The minimum absolute atomic E-state index is 0.308. The number of carbonyl (C=O) groups is 1. The summed E-state index contributed by atoms with van der Waals surface area (Å²) in [4.78, 5) is 22.0. The van der Waals surface area contributed by atoms with Gasteiger partial charge >= 0.3 is 5.97 Å². The lowest BCUT2D eigenvalue weighted by atomic mass is 9.91. The Labute approximate surface area is 89.0 Å². The van der Waals surface area contributed by atoms with Crippen molar-refractivity contribution in [1.29, 1.82) is 0 Å². The van der Waals surface area contributed by atoms with E-state index in [1.54, 1.807) is 25.1 Å². The number of nitroso groups, excluding NO2 is 1. The van der Waals surface area contributed by atoms with Crippen LogP contribution in [0.3, 0.4) is 0 Å². The molecule has 0 bridgehead atoms. The molecule has 0 heterocycles. The first-order chi connectivity index (χ1) is 7.24. The van der Waals surface area contributed by atoms with Gasteiger partial charge in [0.1, 0.15) is 13.5 Å². The average Bonchev–Trinajstić information content (AvgIpc) is 2.28. The number of hydrogen-bond donors (Lipinski definition) is 0. The predicted octanol–water partition coefficient (Wildman–Crippen LogP) is 1.39. The second kappa shape index (κ2) is 5.29. The summed E-state index contributed by atoms with van der Waals surface area (Å²) in [6, 6.07) is 4.86. The van der Waals surface area contributed by atoms with Gasteiger partial charge in [-0.25, -0.2) is 4.79 Å². The van der Waals surface area contributed by atoms with Crippen molar-refractivity contribution in [2.45, 2.75) is 13.2 Å². The summed E-state index contributed by atoms with van der Waals surface area (Å²) in [6.45, 7) is 2.06. The first-order valence-electron chi connectivity index (χ1n) is 4.86. The zero-order valence-electron chi connectivity index (χ0n) is 8.82. The summed E-state index contributed by atoms with van der Waals surface area (Å²) in [5.41, 5.74) is 1.38. The van der Waals surface area contributed by atoms with Gasteiger partial charge in [0.2, 0.25) is 0 Å². The Kier molecular flexibility index (Phi) is 4.03. The van der Waals surface area contributed by atoms with Crippen LogP contribution in [0.25, 0.3) is 0 Å². The van der Waals surface area contributed by atoms with Crippen LogP contribution >= 0.6 is 0 Å². The molecule has 1 rings (SSSR count). The second-order valence-corrected chi connectivity index (χ2v) is 2.97. The average molecular weight is 205 g/mol. The molecular formula is C10H12BNO3. The van der Waals surface area contributed by atoms with Crippen LogP contribution < -0.4 is 0 Å². The SMILES string of the molecule is BCc1c(N=O)cccc1C(=O)OCC. The fraction of sp³-hybridized carbons (Fsp3) is 0.300. The van der Waals surface area contributed by atoms with E-state index in [-0.39, 0.29) is 0 Å². The highest BCUT2D eigenvalue weighted by Gasteiger charge is 2.14. The number of ether oxygens (including phenoxy) is 1. The van der Waals surface area contributed by atoms with Gasteiger partial charge < -0.3 is 4.74 Å². The van der Waals surface area contributed by atoms with Gasteiger partial charge in [0.15, 0.2) is 0 Å². The van der Waals surface area contributed by atoms with Crippen LogP contribution in [-0.2, 0) is 11.1 Å². The highest BCUT2D eigenvalue weighted by Crippen LogP contribution is 2.23. The molecule has 5 heteroatoms. The Hall–Kier alpha value is -1.65. The minimum atomic E-state index is -0.403. The molecule has 0 atom stereocenters. The molecule has 0 saturated heterocycles. The summed E-state index contributed by atoms with van der Waals surface area (Å²) < 4.78 is 4.89. The molecule has 1 aromatic carbocycles. The van der Waals surface area contributed by atoms with E-state index >= 15 is 0 Å². The topological polar surface area (TPSA) is 55.7 Å². The normalized spacial score (nSPS) is 9.67. The van der Waals surface area contributed by atoms with Gasteiger partial charge in [0.25, 0.3) is 0 Å². The maximum absolute atomic E-state index is 11.5. The summed E-state index contributed by atoms with van der Waals surface area (Å²) in [5, 5.41) is 2.89. The van der Waals surface area contributed by atoms with Crippen LogP contribution in [0.4, 0.5) is 5.69 Å². The summed E-state index contributed by atoms with van der Waals surface area (Å²) >= 11 is 0. The number of hydrogen-bond acceptors (Lipinski definition) is 4. The van der Waals surface area contributed by atoms with Crippen molar-refractivity contribution in [3.63, 3.8) is 0 Å². The second-order valence-electron chi connectivity index (χ2n) is 2.97. The number of esters is 1. The van der Waals surface area contributed by atoms with Crippen molar-refractivity contribution in [2.24, 2.45) is 5.18 Å². The van der Waals surface area contributed by atoms with Crippen LogP contribution in [0, 0.1) is 4.91 Å². The first-order valence-corrected chi connectivity index (χ1v) is 4.86. The highest BCUT2D eigenvalue weighted by molar-refractivity contribution is 6.10. The minimum Gasteiger partial charge on any atom is -0.462 e. The molecule has 78 valence electrons. The van der Waals surface area contributed by atoms with Crippen LogP contribution in [0.2, 0.25) is 0 Å². The zero-order valence-corrected chi connectivity index (χ0v) is 8.82. The van der Waals surface area contributed by atoms with E-state index in [1.807, 2.05) is 7.85 Å². The van der Waals surface area contributed by atoms with E-state index in [0.717, 1.165) is 0 Å². The van der Waals surface area contributed by atoms with Crippen LogP contribution in [0.5, 0.6) is 0 Å². The van der Waals surface area contributed by atoms with Crippen molar-refractivity contribution in [2.75, 3.05) is 6.61 Å². The quantitative estimate of drug-likeness (QED) is 0.424. The lowest BCUT2D eigenvalue weighted by Gasteiger charge is -2.07. The predicted molar refractivity (Wildman–Crippen MR) is 60.1 cm³/mol. The van der Waals surface area contributed by atoms with Gasteiger partial charge in [-0.1, -0.05) is 12.4 Å². The van der Waals surface area contributed by atoms with Gasteiger partial charge in [-0.15, -0.1) is 4.91 Å². The monoisotopic (exact) mass is 205 g/mol. The van der Waals surface area contributed by atoms with Crippen LogP contribution in [0.15, 0.2) is 23.4 Å². The number of nitrogens with zero attached hydrogens (tertiary/aromatic N) is 1. The molecule has 1 aromatic rings. The number of carbonyl (C=O) groups excluding carboxylic acids is 1. The van der Waals surface area contributed by atoms with Gasteiger partial charge in [0.05, 0.1) is 12.2 Å². The number of benzene rings is 1. The number of rotatable bonds is 4. The molecule has 0 aliphatic heterocycles. The molecule has 0 amide bonds. The van der Waals surface area contributed by atoms with E-state index in [9.17, 15) is 9.70 Å². The van der Waals surface area contributed by atoms with Crippen molar-refractivity contribution in [1.82, 2.24) is 0 Å². The Morgan fingerprint density at radius 1 is 1.53 bits per heavy atom. The van der Waals surface area contributed by atoms with E-state index < -0.39 is 5.97 Å². The summed E-state index contributed by atoms with van der Waals surface area (Å²) in [7, 11) is 1.87. The van der Waals surface area contributed by atoms with Gasteiger partial charge in [-0.3, -0.25) is 0 Å². The molecule has 0 aliphatic rings. The summed E-state index contributed by atoms with van der Waals surface area (Å²) in [6.07, 6.45) is 0.579. The van der Waals surface area contributed by atoms with E-state index in [0.29, 0.717) is 29.7 Å². The third-order valence-corrected chi connectivity index (χ3v) is 2.10. The molecule has 0 aromatic heterocycles. The molecule has 0 unspecified atom stereocenters. The molecule has 0 spiro atoms. The fourth-order valence-electron chi connectivity index (χ4n) is 1.43. The Bertz CT molecular complexity index is 379. The molecular weight excluding hydrogens is 193 g/mol. The van der Waals surface area contributed by atoms with Crippen molar-refractivity contribution < 1.29 is 9.53 Å². The maximum atomic E-state index is 11.5. The summed E-state index contributed by atoms with van der Waals surface area (Å²) in [5.74, 6) is -0.403. The molecule has 0 radical (unpaired) electrons. The third kappa shape index (κ3) is 2.43. The third-order valence-electron chi connectivity index (χ3n) is 2.10. The molecule has 15 heavy (non-hydrogen) atoms. The fourth-order valence-corrected chi connectivity index (χ4v) is 1.43. The van der Waals surface area contributed by atoms with E-state index in [4.69, 9.17) is 4.74 Å². The zero-order chi connectivity index (χ0) is 11.3. The Morgan fingerprint density at radius 3 is 2.80 bits per heavy atom. The highest BCUT2D eigenvalue weighted by atomic mass is 16.5. The first kappa shape index (κ1) is 11.4. The van der Waals surface area contributed by atoms with Crippen molar-refractivity contribution >= 4 is 19.5 Å². The lowest BCUT2D eigenvalue weighted by Crippen LogP contribution is -2.08. The molecule has 0 fully saturated rings. The molecule has 0 saturated carbocycles. The van der Waals surface area contributed by atoms with Crippen molar-refractivity contribution in [3.05, 3.63) is 34.2 Å².